The van der Waals surface area contributed by atoms with Gasteiger partial charge in [0.15, 0.2) is 0 Å². The fourth-order valence-corrected chi connectivity index (χ4v) is 2.98. The third-order valence-electron chi connectivity index (χ3n) is 1.85. The summed E-state index contributed by atoms with van der Waals surface area (Å²) in [6.07, 6.45) is 0. The van der Waals surface area contributed by atoms with Crippen molar-refractivity contribution in [3.05, 3.63) is 21.3 Å². The summed E-state index contributed by atoms with van der Waals surface area (Å²) in [5, 5.41) is 1.81. The van der Waals surface area contributed by atoms with E-state index in [1.807, 2.05) is 10.3 Å². The first-order chi connectivity index (χ1) is 6.27. The molecular weight excluding hydrogens is 226 g/mol. The van der Waals surface area contributed by atoms with Crippen molar-refractivity contribution in [2.75, 3.05) is 18.2 Å². The molecule has 1 aliphatic rings. The fourth-order valence-electron chi connectivity index (χ4n) is 1.18. The van der Waals surface area contributed by atoms with Gasteiger partial charge >= 0.3 is 0 Å². The monoisotopic (exact) mass is 233 g/mol. The minimum absolute atomic E-state index is 0.105. The van der Waals surface area contributed by atoms with Gasteiger partial charge in [-0.2, -0.15) is 0 Å². The van der Waals surface area contributed by atoms with Gasteiger partial charge in [-0.05, 0) is 6.07 Å². The maximum absolute atomic E-state index is 11.7. The standard InChI is InChI=1S/C8H8ClNOS2/c9-7-3-6(4-13-7)8(11)10-1-2-12-5-10/h3-4H,1-2,5H2. The van der Waals surface area contributed by atoms with Crippen molar-refractivity contribution >= 4 is 40.6 Å². The molecule has 1 amide bonds. The van der Waals surface area contributed by atoms with Crippen molar-refractivity contribution in [2.45, 2.75) is 0 Å². The van der Waals surface area contributed by atoms with Gasteiger partial charge < -0.3 is 4.90 Å². The van der Waals surface area contributed by atoms with Crippen LogP contribution in [0.4, 0.5) is 0 Å². The summed E-state index contributed by atoms with van der Waals surface area (Å²) in [4.78, 5) is 13.6. The van der Waals surface area contributed by atoms with Crippen LogP contribution in [-0.2, 0) is 0 Å². The smallest absolute Gasteiger partial charge is 0.255 e. The van der Waals surface area contributed by atoms with E-state index in [0.717, 1.165) is 23.7 Å². The predicted molar refractivity (Wildman–Crippen MR) is 57.7 cm³/mol. The molecule has 0 saturated carbocycles. The highest BCUT2D eigenvalue weighted by molar-refractivity contribution is 7.99. The molecule has 2 heterocycles. The molecule has 1 aromatic rings. The highest BCUT2D eigenvalue weighted by atomic mass is 35.5. The van der Waals surface area contributed by atoms with Gasteiger partial charge in [-0.15, -0.1) is 23.1 Å². The molecule has 5 heteroatoms. The molecule has 1 aromatic heterocycles. The normalized spacial score (nSPS) is 16.5. The van der Waals surface area contributed by atoms with Crippen LogP contribution in [0.5, 0.6) is 0 Å². The molecule has 0 radical (unpaired) electrons. The summed E-state index contributed by atoms with van der Waals surface area (Å²) >= 11 is 8.94. The Labute approximate surface area is 89.9 Å². The van der Waals surface area contributed by atoms with Gasteiger partial charge in [0.05, 0.1) is 15.8 Å². The van der Waals surface area contributed by atoms with Crippen LogP contribution < -0.4 is 0 Å². The zero-order chi connectivity index (χ0) is 9.26. The first kappa shape index (κ1) is 9.37. The number of thioether (sulfide) groups is 1. The Morgan fingerprint density at radius 2 is 2.46 bits per heavy atom. The van der Waals surface area contributed by atoms with Crippen LogP contribution in [0.1, 0.15) is 10.4 Å². The number of carbonyl (C=O) groups is 1. The van der Waals surface area contributed by atoms with Crippen LogP contribution in [-0.4, -0.2) is 29.0 Å². The van der Waals surface area contributed by atoms with Gasteiger partial charge in [0, 0.05) is 17.7 Å². The molecule has 1 saturated heterocycles. The molecule has 0 aliphatic carbocycles. The lowest BCUT2D eigenvalue weighted by Crippen LogP contribution is -2.27. The average Bonchev–Trinajstić information content (AvgIpc) is 2.72. The first-order valence-corrected chi connectivity index (χ1v) is 6.29. The van der Waals surface area contributed by atoms with Crippen LogP contribution in [0.25, 0.3) is 0 Å². The summed E-state index contributed by atoms with van der Waals surface area (Å²) in [5.41, 5.74) is 0.720. The third-order valence-corrected chi connectivity index (χ3v) is 3.91. The van der Waals surface area contributed by atoms with E-state index in [4.69, 9.17) is 11.6 Å². The van der Waals surface area contributed by atoms with Gasteiger partial charge in [-0.25, -0.2) is 0 Å². The Kier molecular flexibility index (Phi) is 2.81. The number of carbonyl (C=O) groups excluding carboxylic acids is 1. The summed E-state index contributed by atoms with van der Waals surface area (Å²) in [6.45, 7) is 0.858. The Balaban J connectivity index is 2.12. The van der Waals surface area contributed by atoms with Gasteiger partial charge in [0.2, 0.25) is 0 Å². The van der Waals surface area contributed by atoms with E-state index in [-0.39, 0.29) is 5.91 Å². The number of nitrogens with zero attached hydrogens (tertiary/aromatic N) is 1. The van der Waals surface area contributed by atoms with Gasteiger partial charge in [0.1, 0.15) is 0 Å². The number of halogens is 1. The van der Waals surface area contributed by atoms with Gasteiger partial charge in [-0.3, -0.25) is 4.79 Å². The van der Waals surface area contributed by atoms with E-state index in [0.29, 0.717) is 4.34 Å². The third kappa shape index (κ3) is 2.00. The number of hydrogen-bond donors (Lipinski definition) is 0. The summed E-state index contributed by atoms with van der Waals surface area (Å²) in [7, 11) is 0. The first-order valence-electron chi connectivity index (χ1n) is 3.88. The number of hydrogen-bond acceptors (Lipinski definition) is 3. The molecule has 1 fully saturated rings. The average molecular weight is 234 g/mol. The van der Waals surface area contributed by atoms with E-state index in [9.17, 15) is 4.79 Å². The lowest BCUT2D eigenvalue weighted by Gasteiger charge is -2.12. The molecule has 0 spiro atoms. The van der Waals surface area contributed by atoms with E-state index < -0.39 is 0 Å². The SMILES string of the molecule is O=C(c1csc(Cl)c1)N1CCSC1. The topological polar surface area (TPSA) is 20.3 Å². The van der Waals surface area contributed by atoms with E-state index in [1.54, 1.807) is 17.8 Å². The molecule has 0 bridgehead atoms. The van der Waals surface area contributed by atoms with Crippen LogP contribution in [0.15, 0.2) is 11.4 Å². The number of thiophene rings is 1. The number of amides is 1. The van der Waals surface area contributed by atoms with Crippen LogP contribution in [0, 0.1) is 0 Å². The highest BCUT2D eigenvalue weighted by Gasteiger charge is 2.20. The van der Waals surface area contributed by atoms with Crippen molar-refractivity contribution < 1.29 is 4.79 Å². The van der Waals surface area contributed by atoms with Gasteiger partial charge in [0.25, 0.3) is 5.91 Å². The van der Waals surface area contributed by atoms with Gasteiger partial charge in [-0.1, -0.05) is 11.6 Å². The second-order valence-electron chi connectivity index (χ2n) is 2.75. The summed E-state index contributed by atoms with van der Waals surface area (Å²) in [6, 6.07) is 1.73. The zero-order valence-electron chi connectivity index (χ0n) is 6.83. The Bertz CT molecular complexity index is 320. The number of rotatable bonds is 1. The summed E-state index contributed by atoms with van der Waals surface area (Å²) < 4.78 is 0.676. The minimum Gasteiger partial charge on any atom is -0.329 e. The zero-order valence-corrected chi connectivity index (χ0v) is 9.21. The Morgan fingerprint density at radius 3 is 3.00 bits per heavy atom. The maximum atomic E-state index is 11.7. The molecule has 0 aromatic carbocycles. The molecule has 70 valence electrons. The van der Waals surface area contributed by atoms with Crippen molar-refractivity contribution in [3.8, 4) is 0 Å². The molecule has 2 rings (SSSR count). The molecule has 1 aliphatic heterocycles. The van der Waals surface area contributed by atoms with Crippen LogP contribution in [0.3, 0.4) is 0 Å². The molecule has 0 unspecified atom stereocenters. The molecule has 2 nitrogen and oxygen atoms in total. The maximum Gasteiger partial charge on any atom is 0.255 e. The minimum atomic E-state index is 0.105. The van der Waals surface area contributed by atoms with Crippen molar-refractivity contribution in [2.24, 2.45) is 0 Å². The molecular formula is C8H8ClNOS2. The van der Waals surface area contributed by atoms with Crippen LogP contribution in [0.2, 0.25) is 4.34 Å². The van der Waals surface area contributed by atoms with E-state index >= 15 is 0 Å². The Morgan fingerprint density at radius 1 is 1.62 bits per heavy atom. The quantitative estimate of drug-likeness (QED) is 0.743. The van der Waals surface area contributed by atoms with Crippen molar-refractivity contribution in [3.63, 3.8) is 0 Å². The summed E-state index contributed by atoms with van der Waals surface area (Å²) in [5.74, 6) is 1.96. The highest BCUT2D eigenvalue weighted by Crippen LogP contribution is 2.23. The molecule has 13 heavy (non-hydrogen) atoms. The predicted octanol–water partition coefficient (Wildman–Crippen LogP) is 2.55. The lowest BCUT2D eigenvalue weighted by atomic mass is 10.3. The fraction of sp³-hybridized carbons (Fsp3) is 0.375. The van der Waals surface area contributed by atoms with Crippen molar-refractivity contribution in [1.82, 2.24) is 4.90 Å². The largest absolute Gasteiger partial charge is 0.329 e. The van der Waals surface area contributed by atoms with Crippen molar-refractivity contribution in [1.29, 1.82) is 0 Å². The Hall–Kier alpha value is -0.190. The molecule has 0 N–H and O–H groups in total. The second kappa shape index (κ2) is 3.90. The van der Waals surface area contributed by atoms with E-state index in [1.165, 1.54) is 11.3 Å². The lowest BCUT2D eigenvalue weighted by molar-refractivity contribution is 0.0803. The van der Waals surface area contributed by atoms with E-state index in [2.05, 4.69) is 0 Å². The second-order valence-corrected chi connectivity index (χ2v) is 5.36. The van der Waals surface area contributed by atoms with Crippen LogP contribution >= 0.6 is 34.7 Å². The molecule has 0 atom stereocenters.